The number of amidine groups is 1. The van der Waals surface area contributed by atoms with Gasteiger partial charge in [0, 0.05) is 36.3 Å². The van der Waals surface area contributed by atoms with Crippen LogP contribution in [0.25, 0.3) is 10.9 Å². The van der Waals surface area contributed by atoms with Crippen molar-refractivity contribution < 1.29 is 4.79 Å². The minimum Gasteiger partial charge on any atom is -0.371 e. The highest BCUT2D eigenvalue weighted by molar-refractivity contribution is 8.18. The highest BCUT2D eigenvalue weighted by Crippen LogP contribution is 2.44. The Balaban J connectivity index is 1.29. The molecule has 2 fully saturated rings. The highest BCUT2D eigenvalue weighted by atomic mass is 32.2. The fourth-order valence-corrected chi connectivity index (χ4v) is 5.27. The van der Waals surface area contributed by atoms with E-state index in [9.17, 15) is 4.79 Å². The Labute approximate surface area is 199 Å². The first-order valence-electron chi connectivity index (χ1n) is 11.6. The van der Waals surface area contributed by atoms with E-state index in [0.717, 1.165) is 40.5 Å². The smallest absolute Gasteiger partial charge is 0.263 e. The first-order chi connectivity index (χ1) is 16.2. The number of pyridine rings is 1. The van der Waals surface area contributed by atoms with E-state index in [1.807, 2.05) is 18.3 Å². The quantitative estimate of drug-likeness (QED) is 0.491. The molecule has 0 unspecified atom stereocenters. The van der Waals surface area contributed by atoms with Crippen LogP contribution in [-0.2, 0) is 11.2 Å². The van der Waals surface area contributed by atoms with Gasteiger partial charge in [0.1, 0.15) is 0 Å². The molecule has 1 aliphatic heterocycles. The van der Waals surface area contributed by atoms with Gasteiger partial charge in [-0.2, -0.15) is 0 Å². The van der Waals surface area contributed by atoms with Crippen LogP contribution in [0.5, 0.6) is 0 Å². The molecule has 2 heterocycles. The molecule has 1 N–H and O–H groups in total. The summed E-state index contributed by atoms with van der Waals surface area (Å²) >= 11 is 1.45. The van der Waals surface area contributed by atoms with Crippen molar-refractivity contribution in [2.45, 2.75) is 38.6 Å². The normalized spacial score (nSPS) is 22.2. The Kier molecular flexibility index (Phi) is 6.18. The van der Waals surface area contributed by atoms with Gasteiger partial charge in [-0.3, -0.25) is 14.8 Å². The van der Waals surface area contributed by atoms with E-state index < -0.39 is 0 Å². The number of nitrogens with zero attached hydrogens (tertiary/aromatic N) is 3. The summed E-state index contributed by atoms with van der Waals surface area (Å²) in [6.45, 7) is 6.25. The summed E-state index contributed by atoms with van der Waals surface area (Å²) in [7, 11) is 0. The number of hydrogen-bond donors (Lipinski definition) is 1. The van der Waals surface area contributed by atoms with E-state index >= 15 is 0 Å². The van der Waals surface area contributed by atoms with E-state index in [1.54, 1.807) is 0 Å². The maximum absolute atomic E-state index is 12.5. The van der Waals surface area contributed by atoms with Crippen LogP contribution in [0.2, 0.25) is 0 Å². The number of carbonyl (C=O) groups is 1. The first-order valence-corrected chi connectivity index (χ1v) is 12.4. The van der Waals surface area contributed by atoms with Crippen molar-refractivity contribution in [3.63, 3.8) is 0 Å². The van der Waals surface area contributed by atoms with Gasteiger partial charge in [0.25, 0.3) is 5.91 Å². The maximum Gasteiger partial charge on any atom is 0.263 e. The predicted molar refractivity (Wildman–Crippen MR) is 138 cm³/mol. The topological polar surface area (TPSA) is 57.6 Å². The number of amides is 1. The molecule has 1 saturated carbocycles. The number of thioether (sulfide) groups is 1. The molecule has 2 aliphatic rings. The van der Waals surface area contributed by atoms with Gasteiger partial charge in [-0.25, -0.2) is 0 Å². The van der Waals surface area contributed by atoms with E-state index in [4.69, 9.17) is 4.99 Å². The Morgan fingerprint density at radius 2 is 1.97 bits per heavy atom. The number of aromatic nitrogens is 1. The molecule has 168 valence electrons. The number of benzene rings is 2. The number of carbonyl (C=O) groups excluding carboxylic acids is 1. The predicted octanol–water partition coefficient (Wildman–Crippen LogP) is 5.28. The maximum atomic E-state index is 12.5. The second-order valence-electron chi connectivity index (χ2n) is 8.44. The number of anilines is 1. The van der Waals surface area contributed by atoms with Gasteiger partial charge in [-0.15, -0.1) is 0 Å². The van der Waals surface area contributed by atoms with Crippen molar-refractivity contribution >= 4 is 39.4 Å². The van der Waals surface area contributed by atoms with Crippen LogP contribution in [0.4, 0.5) is 5.69 Å². The SMILES string of the molecule is CCN(CC)c1ccnc2ccc(C/C=C3\SC(=N[C@@H]4C[C@H]4c4ccccc4)NC3=O)cc12. The molecule has 2 atom stereocenters. The van der Waals surface area contributed by atoms with Gasteiger partial charge in [0.05, 0.1) is 16.5 Å². The molecule has 1 saturated heterocycles. The third-order valence-electron chi connectivity index (χ3n) is 6.33. The summed E-state index contributed by atoms with van der Waals surface area (Å²) in [6.07, 6.45) is 5.63. The van der Waals surface area contributed by atoms with Gasteiger partial charge < -0.3 is 10.2 Å². The molecule has 1 aliphatic carbocycles. The number of hydrogen-bond acceptors (Lipinski definition) is 5. The molecule has 6 heteroatoms. The van der Waals surface area contributed by atoms with Crippen molar-refractivity contribution in [1.29, 1.82) is 0 Å². The molecule has 0 bridgehead atoms. The summed E-state index contributed by atoms with van der Waals surface area (Å²) < 4.78 is 0. The number of aliphatic imine (C=N–C) groups is 1. The molecule has 5 nitrogen and oxygen atoms in total. The molecule has 0 spiro atoms. The van der Waals surface area contributed by atoms with E-state index in [1.165, 1.54) is 28.6 Å². The molecule has 3 aromatic rings. The summed E-state index contributed by atoms with van der Waals surface area (Å²) in [5.74, 6) is 0.414. The first kappa shape index (κ1) is 21.7. The summed E-state index contributed by atoms with van der Waals surface area (Å²) in [5, 5.41) is 4.82. The molecular formula is C27H28N4OS. The standard InChI is InChI=1S/C27H28N4OS/c1-3-31(4-2)24-14-15-28-22-12-10-18(16-21(22)24)11-13-25-26(32)30-27(33-25)29-23-17-20(23)19-8-6-5-7-9-19/h5-10,12-16,20,23H,3-4,11,17H2,1-2H3,(H,29,30,32)/b25-13-/t20-,23+/m0/s1. The van der Waals surface area contributed by atoms with Gasteiger partial charge in [-0.1, -0.05) is 42.5 Å². The molecule has 5 rings (SSSR count). The summed E-state index contributed by atoms with van der Waals surface area (Å²) in [6, 6.07) is 19.2. The zero-order valence-corrected chi connectivity index (χ0v) is 19.8. The van der Waals surface area contributed by atoms with Crippen molar-refractivity contribution in [3.8, 4) is 0 Å². The molecule has 1 aromatic heterocycles. The van der Waals surface area contributed by atoms with Gasteiger partial charge in [-0.05, 0) is 67.8 Å². The number of allylic oxidation sites excluding steroid dienone is 1. The summed E-state index contributed by atoms with van der Waals surface area (Å²) in [4.78, 5) is 24.9. The van der Waals surface area contributed by atoms with Crippen LogP contribution in [-0.4, -0.2) is 35.2 Å². The van der Waals surface area contributed by atoms with E-state index in [-0.39, 0.29) is 11.9 Å². The minimum atomic E-state index is -0.0538. The average Bonchev–Trinajstić information content (AvgIpc) is 3.52. The highest BCUT2D eigenvalue weighted by Gasteiger charge is 2.39. The van der Waals surface area contributed by atoms with Crippen molar-refractivity contribution in [3.05, 3.63) is 82.9 Å². The van der Waals surface area contributed by atoms with Crippen LogP contribution in [0.3, 0.4) is 0 Å². The van der Waals surface area contributed by atoms with Crippen LogP contribution < -0.4 is 10.2 Å². The molecule has 2 aromatic carbocycles. The second-order valence-corrected chi connectivity index (χ2v) is 9.47. The van der Waals surface area contributed by atoms with E-state index in [0.29, 0.717) is 12.3 Å². The number of rotatable bonds is 7. The van der Waals surface area contributed by atoms with Crippen LogP contribution in [0, 0.1) is 0 Å². The second kappa shape index (κ2) is 9.40. The zero-order chi connectivity index (χ0) is 22.8. The lowest BCUT2D eigenvalue weighted by molar-refractivity contribution is -0.115. The Morgan fingerprint density at radius 1 is 1.15 bits per heavy atom. The molecule has 0 radical (unpaired) electrons. The molecular weight excluding hydrogens is 428 g/mol. The zero-order valence-electron chi connectivity index (χ0n) is 19.0. The molecule has 33 heavy (non-hydrogen) atoms. The van der Waals surface area contributed by atoms with Crippen LogP contribution >= 0.6 is 11.8 Å². The molecule has 1 amide bonds. The summed E-state index contributed by atoms with van der Waals surface area (Å²) in [5.41, 5.74) is 4.70. The average molecular weight is 457 g/mol. The third-order valence-corrected chi connectivity index (χ3v) is 7.30. The fraction of sp³-hybridized carbons (Fsp3) is 0.296. The monoisotopic (exact) mass is 456 g/mol. The van der Waals surface area contributed by atoms with Gasteiger partial charge >= 0.3 is 0 Å². The Bertz CT molecular complexity index is 1230. The van der Waals surface area contributed by atoms with E-state index in [2.05, 4.69) is 77.6 Å². The van der Waals surface area contributed by atoms with Crippen molar-refractivity contribution in [2.24, 2.45) is 4.99 Å². The lowest BCUT2D eigenvalue weighted by Crippen LogP contribution is -2.22. The Hall–Kier alpha value is -3.12. The number of nitrogens with one attached hydrogen (secondary N) is 1. The minimum absolute atomic E-state index is 0.0538. The Morgan fingerprint density at radius 3 is 2.76 bits per heavy atom. The van der Waals surface area contributed by atoms with Crippen LogP contribution in [0.1, 0.15) is 37.3 Å². The number of fused-ring (bicyclic) bond motifs is 1. The largest absolute Gasteiger partial charge is 0.371 e. The van der Waals surface area contributed by atoms with Gasteiger partial charge in [0.15, 0.2) is 5.17 Å². The van der Waals surface area contributed by atoms with Gasteiger partial charge in [0.2, 0.25) is 0 Å². The van der Waals surface area contributed by atoms with Crippen LogP contribution in [0.15, 0.2) is 76.8 Å². The van der Waals surface area contributed by atoms with Crippen molar-refractivity contribution in [2.75, 3.05) is 18.0 Å². The third kappa shape index (κ3) is 4.67. The lowest BCUT2D eigenvalue weighted by atomic mass is 10.1. The lowest BCUT2D eigenvalue weighted by Gasteiger charge is -2.22. The van der Waals surface area contributed by atoms with Crippen molar-refractivity contribution in [1.82, 2.24) is 10.3 Å². The fourth-order valence-electron chi connectivity index (χ4n) is 4.42.